The maximum Gasteiger partial charge on any atom is 0.375 e. The average Bonchev–Trinajstić information content (AvgIpc) is 2.39. The Balaban J connectivity index is 2.22. The van der Waals surface area contributed by atoms with Gasteiger partial charge in [-0.3, -0.25) is 9.59 Å². The summed E-state index contributed by atoms with van der Waals surface area (Å²) in [6.45, 7) is 1.77. The molecule has 0 radical (unpaired) electrons. The largest absolute Gasteiger partial charge is 0.460 e. The maximum atomic E-state index is 12.1. The zero-order valence-electron chi connectivity index (χ0n) is 10.1. The van der Waals surface area contributed by atoms with Crippen molar-refractivity contribution in [3.63, 3.8) is 0 Å². The minimum atomic E-state index is -0.907. The Morgan fingerprint density at radius 2 is 2.06 bits per heavy atom. The molecule has 0 heterocycles. The minimum Gasteiger partial charge on any atom is -0.460 e. The van der Waals surface area contributed by atoms with Crippen LogP contribution in [0.5, 0.6) is 0 Å². The second-order valence-corrected chi connectivity index (χ2v) is 4.20. The molecule has 0 fully saturated rings. The number of carbonyl (C=O) groups is 3. The minimum absolute atomic E-state index is 0.141. The number of hydrogen-bond donors (Lipinski definition) is 0. The van der Waals surface area contributed by atoms with Crippen LogP contribution in [0.2, 0.25) is 0 Å². The van der Waals surface area contributed by atoms with Crippen molar-refractivity contribution in [1.29, 1.82) is 0 Å². The van der Waals surface area contributed by atoms with E-state index < -0.39 is 17.7 Å². The van der Waals surface area contributed by atoms with Crippen LogP contribution in [0.15, 0.2) is 24.3 Å². The van der Waals surface area contributed by atoms with Gasteiger partial charge >= 0.3 is 5.97 Å². The molecule has 0 N–H and O–H groups in total. The van der Waals surface area contributed by atoms with Gasteiger partial charge in [0.1, 0.15) is 0 Å². The van der Waals surface area contributed by atoms with Gasteiger partial charge in [0.25, 0.3) is 5.78 Å². The zero-order chi connectivity index (χ0) is 13.1. The molecular formula is C14H14O4. The molecule has 1 aromatic rings. The van der Waals surface area contributed by atoms with E-state index in [0.717, 1.165) is 5.56 Å². The summed E-state index contributed by atoms with van der Waals surface area (Å²) >= 11 is 0. The quantitative estimate of drug-likeness (QED) is 0.461. The second-order valence-electron chi connectivity index (χ2n) is 4.20. The van der Waals surface area contributed by atoms with Crippen molar-refractivity contribution >= 4 is 17.5 Å². The molecule has 0 saturated carbocycles. The van der Waals surface area contributed by atoms with Gasteiger partial charge in [-0.15, -0.1) is 0 Å². The summed E-state index contributed by atoms with van der Waals surface area (Å²) in [7, 11) is 0. The highest BCUT2D eigenvalue weighted by Crippen LogP contribution is 2.26. The molecule has 18 heavy (non-hydrogen) atoms. The molecule has 0 amide bonds. The number of ether oxygens (including phenoxy) is 1. The van der Waals surface area contributed by atoms with Gasteiger partial charge in [-0.25, -0.2) is 4.79 Å². The molecule has 1 atom stereocenters. The smallest absolute Gasteiger partial charge is 0.375 e. The van der Waals surface area contributed by atoms with E-state index in [1.165, 1.54) is 0 Å². The highest BCUT2D eigenvalue weighted by Gasteiger charge is 2.36. The Morgan fingerprint density at radius 3 is 2.78 bits per heavy atom. The van der Waals surface area contributed by atoms with Gasteiger partial charge in [0.15, 0.2) is 5.78 Å². The zero-order valence-corrected chi connectivity index (χ0v) is 10.1. The Kier molecular flexibility index (Phi) is 3.55. The summed E-state index contributed by atoms with van der Waals surface area (Å²) in [6.07, 6.45) is 1.02. The molecule has 0 spiro atoms. The van der Waals surface area contributed by atoms with Crippen LogP contribution in [0, 0.1) is 5.92 Å². The SMILES string of the molecule is CCOC(=O)C(=O)C1CCc2ccccc2C1=O. The van der Waals surface area contributed by atoms with Crippen molar-refractivity contribution in [2.24, 2.45) is 5.92 Å². The molecule has 94 valence electrons. The first-order valence-corrected chi connectivity index (χ1v) is 5.98. The first kappa shape index (κ1) is 12.5. The van der Waals surface area contributed by atoms with Crippen LogP contribution in [0.4, 0.5) is 0 Å². The van der Waals surface area contributed by atoms with E-state index in [1.807, 2.05) is 12.1 Å². The predicted molar refractivity (Wildman–Crippen MR) is 64.2 cm³/mol. The summed E-state index contributed by atoms with van der Waals surface area (Å²) in [6, 6.07) is 7.19. The predicted octanol–water partition coefficient (Wildman–Crippen LogP) is 1.56. The van der Waals surface area contributed by atoms with Gasteiger partial charge in [0, 0.05) is 5.56 Å². The van der Waals surface area contributed by atoms with E-state index in [-0.39, 0.29) is 12.4 Å². The first-order valence-electron chi connectivity index (χ1n) is 5.98. The molecule has 1 aromatic carbocycles. The second kappa shape index (κ2) is 5.12. The lowest BCUT2D eigenvalue weighted by Gasteiger charge is -2.21. The first-order chi connectivity index (χ1) is 8.65. The number of ketones is 2. The van der Waals surface area contributed by atoms with E-state index in [2.05, 4.69) is 4.74 Å². The topological polar surface area (TPSA) is 60.4 Å². The fraction of sp³-hybridized carbons (Fsp3) is 0.357. The number of hydrogen-bond acceptors (Lipinski definition) is 4. The summed E-state index contributed by atoms with van der Waals surface area (Å²) in [5, 5.41) is 0. The van der Waals surface area contributed by atoms with Crippen molar-refractivity contribution in [3.8, 4) is 0 Å². The van der Waals surface area contributed by atoms with Gasteiger partial charge < -0.3 is 4.74 Å². The van der Waals surface area contributed by atoms with Crippen LogP contribution < -0.4 is 0 Å². The Hall–Kier alpha value is -1.97. The number of carbonyl (C=O) groups excluding carboxylic acids is 3. The van der Waals surface area contributed by atoms with Gasteiger partial charge in [0.2, 0.25) is 0 Å². The monoisotopic (exact) mass is 246 g/mol. The average molecular weight is 246 g/mol. The number of fused-ring (bicyclic) bond motifs is 1. The third-order valence-corrected chi connectivity index (χ3v) is 3.09. The van der Waals surface area contributed by atoms with Crippen LogP contribution in [-0.4, -0.2) is 24.1 Å². The molecule has 4 heteroatoms. The Morgan fingerprint density at radius 1 is 1.33 bits per heavy atom. The Labute approximate surface area is 105 Å². The fourth-order valence-corrected chi connectivity index (χ4v) is 2.19. The summed E-state index contributed by atoms with van der Waals surface area (Å²) in [4.78, 5) is 35.3. The number of esters is 1. The standard InChI is InChI=1S/C14H14O4/c1-2-18-14(17)13(16)11-8-7-9-5-3-4-6-10(9)12(11)15/h3-6,11H,2,7-8H2,1H3. The van der Waals surface area contributed by atoms with Crippen LogP contribution in [0.1, 0.15) is 29.3 Å². The molecule has 0 aliphatic heterocycles. The molecule has 0 saturated heterocycles. The highest BCUT2D eigenvalue weighted by molar-refractivity contribution is 6.39. The highest BCUT2D eigenvalue weighted by atomic mass is 16.5. The molecule has 0 bridgehead atoms. The molecule has 0 aromatic heterocycles. The molecule has 1 aliphatic rings. The lowest BCUT2D eigenvalue weighted by Crippen LogP contribution is -2.35. The van der Waals surface area contributed by atoms with Crippen LogP contribution in [-0.2, 0) is 20.7 Å². The van der Waals surface area contributed by atoms with Crippen LogP contribution >= 0.6 is 0 Å². The van der Waals surface area contributed by atoms with Gasteiger partial charge in [-0.2, -0.15) is 0 Å². The third kappa shape index (κ3) is 2.18. The molecule has 4 nitrogen and oxygen atoms in total. The molecule has 1 unspecified atom stereocenters. The van der Waals surface area contributed by atoms with Gasteiger partial charge in [-0.1, -0.05) is 24.3 Å². The Bertz CT molecular complexity index is 504. The van der Waals surface area contributed by atoms with Crippen molar-refractivity contribution in [2.75, 3.05) is 6.61 Å². The number of Topliss-reactive ketones (excluding diaryl/α,β-unsaturated/α-hetero) is 2. The number of rotatable bonds is 3. The van der Waals surface area contributed by atoms with E-state index in [9.17, 15) is 14.4 Å². The lowest BCUT2D eigenvalue weighted by atomic mass is 9.80. The molecule has 2 rings (SSSR count). The summed E-state index contributed by atoms with van der Waals surface area (Å²) < 4.78 is 4.65. The number of benzene rings is 1. The third-order valence-electron chi connectivity index (χ3n) is 3.09. The van der Waals surface area contributed by atoms with Crippen LogP contribution in [0.25, 0.3) is 0 Å². The van der Waals surface area contributed by atoms with Crippen LogP contribution in [0.3, 0.4) is 0 Å². The fourth-order valence-electron chi connectivity index (χ4n) is 2.19. The van der Waals surface area contributed by atoms with Crippen molar-refractivity contribution in [3.05, 3.63) is 35.4 Å². The van der Waals surface area contributed by atoms with Crippen molar-refractivity contribution in [2.45, 2.75) is 19.8 Å². The summed E-state index contributed by atoms with van der Waals surface area (Å²) in [5.41, 5.74) is 1.49. The maximum absolute atomic E-state index is 12.1. The number of aryl methyl sites for hydroxylation is 1. The lowest BCUT2D eigenvalue weighted by molar-refractivity contribution is -0.154. The van der Waals surface area contributed by atoms with Gasteiger partial charge in [0.05, 0.1) is 12.5 Å². The van der Waals surface area contributed by atoms with E-state index >= 15 is 0 Å². The van der Waals surface area contributed by atoms with E-state index in [4.69, 9.17) is 0 Å². The van der Waals surface area contributed by atoms with Gasteiger partial charge in [-0.05, 0) is 25.3 Å². The van der Waals surface area contributed by atoms with Crippen molar-refractivity contribution < 1.29 is 19.1 Å². The summed E-state index contributed by atoms with van der Waals surface area (Å²) in [5.74, 6) is -2.78. The van der Waals surface area contributed by atoms with E-state index in [1.54, 1.807) is 19.1 Å². The molecule has 1 aliphatic carbocycles. The van der Waals surface area contributed by atoms with E-state index in [0.29, 0.717) is 18.4 Å². The molecular weight excluding hydrogens is 232 g/mol. The van der Waals surface area contributed by atoms with Crippen molar-refractivity contribution in [1.82, 2.24) is 0 Å². The normalized spacial score (nSPS) is 18.1.